The monoisotopic (exact) mass is 398 g/mol. The molecule has 0 saturated heterocycles. The molecule has 0 spiro atoms. The summed E-state index contributed by atoms with van der Waals surface area (Å²) in [6.45, 7) is 1.99. The molecule has 0 radical (unpaired) electrons. The number of allylic oxidation sites excluding steroid dienone is 1. The molecule has 5 rings (SSSR count). The summed E-state index contributed by atoms with van der Waals surface area (Å²) < 4.78 is 5.77. The van der Waals surface area contributed by atoms with Crippen molar-refractivity contribution in [2.45, 2.75) is 32.2 Å². The van der Waals surface area contributed by atoms with Gasteiger partial charge in [0.1, 0.15) is 11.8 Å². The van der Waals surface area contributed by atoms with Crippen molar-refractivity contribution in [2.24, 2.45) is 0 Å². The smallest absolute Gasteiger partial charge is 0.259 e. The molecule has 1 aliphatic carbocycles. The number of para-hydroxylation sites is 2. The Hall–Kier alpha value is -3.60. The number of hydrogen-bond donors (Lipinski definition) is 1. The fraction of sp³-hybridized carbons (Fsp3) is 0.200. The first-order chi connectivity index (χ1) is 14.6. The van der Waals surface area contributed by atoms with Crippen LogP contribution in [0, 0.1) is 6.92 Å². The van der Waals surface area contributed by atoms with E-state index in [4.69, 9.17) is 4.42 Å². The van der Waals surface area contributed by atoms with Crippen molar-refractivity contribution in [3.63, 3.8) is 0 Å². The number of benzene rings is 2. The van der Waals surface area contributed by atoms with E-state index in [1.165, 1.54) is 0 Å². The van der Waals surface area contributed by atoms with Crippen LogP contribution in [0.1, 0.15) is 47.0 Å². The predicted octanol–water partition coefficient (Wildman–Crippen LogP) is 5.41. The Kier molecular flexibility index (Phi) is 4.51. The first-order valence-corrected chi connectivity index (χ1v) is 10.2. The molecule has 3 aromatic rings. The van der Waals surface area contributed by atoms with Gasteiger partial charge in [-0.3, -0.25) is 14.5 Å². The van der Waals surface area contributed by atoms with E-state index < -0.39 is 6.04 Å². The fourth-order valence-electron chi connectivity index (χ4n) is 4.31. The zero-order chi connectivity index (χ0) is 20.7. The topological polar surface area (TPSA) is 62.6 Å². The van der Waals surface area contributed by atoms with Crippen LogP contribution in [-0.4, -0.2) is 11.7 Å². The second-order valence-electron chi connectivity index (χ2n) is 7.77. The van der Waals surface area contributed by atoms with Crippen molar-refractivity contribution in [1.29, 1.82) is 0 Å². The van der Waals surface area contributed by atoms with Crippen LogP contribution >= 0.6 is 0 Å². The van der Waals surface area contributed by atoms with Crippen LogP contribution in [0.25, 0.3) is 0 Å². The molecule has 1 amide bonds. The van der Waals surface area contributed by atoms with Gasteiger partial charge in [0.2, 0.25) is 0 Å². The number of rotatable bonds is 2. The number of carbonyl (C=O) groups excluding carboxylic acids is 2. The van der Waals surface area contributed by atoms with Crippen molar-refractivity contribution >= 4 is 23.1 Å². The van der Waals surface area contributed by atoms with E-state index in [1.807, 2.05) is 61.5 Å². The summed E-state index contributed by atoms with van der Waals surface area (Å²) in [6, 6.07) is 18.2. The van der Waals surface area contributed by atoms with E-state index in [1.54, 1.807) is 17.2 Å². The number of fused-ring (bicyclic) bond motifs is 1. The van der Waals surface area contributed by atoms with Crippen LogP contribution in [0.15, 0.2) is 82.6 Å². The Labute approximate surface area is 175 Å². The summed E-state index contributed by atoms with van der Waals surface area (Å²) in [5, 5.41) is 3.45. The quantitative estimate of drug-likeness (QED) is 0.627. The van der Waals surface area contributed by atoms with Gasteiger partial charge in [-0.2, -0.15) is 0 Å². The van der Waals surface area contributed by atoms with E-state index in [-0.39, 0.29) is 11.7 Å². The molecule has 2 heterocycles. The SMILES string of the molecule is Cc1ccc(C(=O)N2c3ccccc3NC3=C(C(=O)CCC3)[C@H]2c2ccco2)cc1. The largest absolute Gasteiger partial charge is 0.467 e. The molecule has 0 saturated carbocycles. The summed E-state index contributed by atoms with van der Waals surface area (Å²) in [5.74, 6) is 0.467. The van der Waals surface area contributed by atoms with Gasteiger partial charge in [0.25, 0.3) is 5.91 Å². The highest BCUT2D eigenvalue weighted by molar-refractivity contribution is 6.11. The lowest BCUT2D eigenvalue weighted by Crippen LogP contribution is -2.37. The molecule has 2 aliphatic rings. The number of nitrogens with zero attached hydrogens (tertiary/aromatic N) is 1. The minimum Gasteiger partial charge on any atom is -0.467 e. The van der Waals surface area contributed by atoms with Crippen LogP contribution in [0.5, 0.6) is 0 Å². The van der Waals surface area contributed by atoms with Gasteiger partial charge < -0.3 is 9.73 Å². The third-order valence-corrected chi connectivity index (χ3v) is 5.77. The van der Waals surface area contributed by atoms with E-state index >= 15 is 0 Å². The maximum atomic E-state index is 13.8. The Balaban J connectivity index is 1.76. The van der Waals surface area contributed by atoms with Crippen LogP contribution in [-0.2, 0) is 4.79 Å². The van der Waals surface area contributed by atoms with Crippen molar-refractivity contribution in [1.82, 2.24) is 0 Å². The minimum absolute atomic E-state index is 0.0552. The van der Waals surface area contributed by atoms with Crippen LogP contribution < -0.4 is 10.2 Å². The standard InChI is InChI=1S/C25H22N2O3/c1-16-11-13-17(14-12-16)25(29)27-20-8-3-2-6-18(20)26-19-7-4-9-21(28)23(19)24(27)22-10-5-15-30-22/h2-3,5-6,8,10-15,24,26H,4,7,9H2,1H3/t24-/m1/s1. The van der Waals surface area contributed by atoms with Gasteiger partial charge in [-0.05, 0) is 56.2 Å². The Morgan fingerprint density at radius 2 is 1.83 bits per heavy atom. The van der Waals surface area contributed by atoms with Gasteiger partial charge in [-0.15, -0.1) is 0 Å². The molecule has 1 N–H and O–H groups in total. The molecular weight excluding hydrogens is 376 g/mol. The van der Waals surface area contributed by atoms with Crippen molar-refractivity contribution < 1.29 is 14.0 Å². The molecule has 5 heteroatoms. The van der Waals surface area contributed by atoms with Crippen molar-refractivity contribution in [3.8, 4) is 0 Å². The minimum atomic E-state index is -0.618. The number of amides is 1. The van der Waals surface area contributed by atoms with Gasteiger partial charge in [0.05, 0.1) is 17.6 Å². The predicted molar refractivity (Wildman–Crippen MR) is 115 cm³/mol. The molecule has 1 atom stereocenters. The van der Waals surface area contributed by atoms with Crippen molar-refractivity contribution in [3.05, 3.63) is 95.1 Å². The molecule has 5 nitrogen and oxygen atoms in total. The fourth-order valence-corrected chi connectivity index (χ4v) is 4.31. The van der Waals surface area contributed by atoms with E-state index in [2.05, 4.69) is 5.32 Å². The Bertz CT molecular complexity index is 1140. The van der Waals surface area contributed by atoms with Gasteiger partial charge in [0.15, 0.2) is 5.78 Å². The zero-order valence-electron chi connectivity index (χ0n) is 16.7. The second-order valence-corrected chi connectivity index (χ2v) is 7.77. The number of hydrogen-bond acceptors (Lipinski definition) is 4. The van der Waals surface area contributed by atoms with E-state index in [9.17, 15) is 9.59 Å². The third-order valence-electron chi connectivity index (χ3n) is 5.77. The van der Waals surface area contributed by atoms with E-state index in [0.29, 0.717) is 23.3 Å². The second kappa shape index (κ2) is 7.34. The molecule has 0 bridgehead atoms. The molecule has 1 aromatic heterocycles. The third kappa shape index (κ3) is 3.03. The summed E-state index contributed by atoms with van der Waals surface area (Å²) in [6.07, 6.45) is 3.62. The number of nitrogens with one attached hydrogen (secondary N) is 1. The Morgan fingerprint density at radius 1 is 1.03 bits per heavy atom. The van der Waals surface area contributed by atoms with E-state index in [0.717, 1.165) is 35.5 Å². The highest BCUT2D eigenvalue weighted by atomic mass is 16.3. The molecular formula is C25H22N2O3. The normalized spacial score (nSPS) is 18.4. The number of ketones is 1. The van der Waals surface area contributed by atoms with Crippen LogP contribution in [0.3, 0.4) is 0 Å². The molecule has 30 heavy (non-hydrogen) atoms. The molecule has 1 aliphatic heterocycles. The molecule has 0 fully saturated rings. The highest BCUT2D eigenvalue weighted by Gasteiger charge is 2.41. The highest BCUT2D eigenvalue weighted by Crippen LogP contribution is 2.45. The zero-order valence-corrected chi connectivity index (χ0v) is 16.7. The average molecular weight is 398 g/mol. The summed E-state index contributed by atoms with van der Waals surface area (Å²) >= 11 is 0. The lowest BCUT2D eigenvalue weighted by atomic mass is 9.88. The number of anilines is 2. The van der Waals surface area contributed by atoms with Gasteiger partial charge in [-0.1, -0.05) is 29.8 Å². The molecule has 2 aromatic carbocycles. The van der Waals surface area contributed by atoms with Gasteiger partial charge in [0, 0.05) is 23.3 Å². The average Bonchev–Trinajstić information content (AvgIpc) is 3.23. The van der Waals surface area contributed by atoms with Crippen molar-refractivity contribution in [2.75, 3.05) is 10.2 Å². The lowest BCUT2D eigenvalue weighted by Gasteiger charge is -2.32. The maximum Gasteiger partial charge on any atom is 0.259 e. The number of aryl methyl sites for hydroxylation is 1. The molecule has 150 valence electrons. The summed E-state index contributed by atoms with van der Waals surface area (Å²) in [5.41, 5.74) is 4.69. The summed E-state index contributed by atoms with van der Waals surface area (Å²) in [4.78, 5) is 28.7. The maximum absolute atomic E-state index is 13.8. The number of furan rings is 1. The van der Waals surface area contributed by atoms with Crippen LogP contribution in [0.2, 0.25) is 0 Å². The van der Waals surface area contributed by atoms with Gasteiger partial charge >= 0.3 is 0 Å². The summed E-state index contributed by atoms with van der Waals surface area (Å²) in [7, 11) is 0. The van der Waals surface area contributed by atoms with Crippen LogP contribution in [0.4, 0.5) is 11.4 Å². The Morgan fingerprint density at radius 3 is 2.60 bits per heavy atom. The number of carbonyl (C=O) groups is 2. The molecule has 0 unspecified atom stereocenters. The first-order valence-electron chi connectivity index (χ1n) is 10.2. The van der Waals surface area contributed by atoms with Gasteiger partial charge in [-0.25, -0.2) is 0 Å². The lowest BCUT2D eigenvalue weighted by molar-refractivity contribution is -0.116. The number of Topliss-reactive ketones (excluding diaryl/α,β-unsaturated/α-hetero) is 1. The first kappa shape index (κ1) is 18.4.